The van der Waals surface area contributed by atoms with Crippen molar-refractivity contribution in [2.45, 2.75) is 48.8 Å². The SMILES string of the molecule is NC1CCN(c2cc(F)cc3c2N=C(C2CC2)NS3)C(C(F)(F)F)C1. The first-order valence-electron chi connectivity index (χ1n) is 8.27. The van der Waals surface area contributed by atoms with Gasteiger partial charge in [-0.1, -0.05) is 0 Å². The van der Waals surface area contributed by atoms with Crippen LogP contribution in [0.4, 0.5) is 28.9 Å². The molecule has 2 aliphatic heterocycles. The molecular formula is C16H18F4N4S. The summed E-state index contributed by atoms with van der Waals surface area (Å²) in [6.07, 6.45) is -2.16. The molecule has 2 fully saturated rings. The third-order valence-electron chi connectivity index (χ3n) is 4.81. The zero-order valence-electron chi connectivity index (χ0n) is 13.3. The summed E-state index contributed by atoms with van der Waals surface area (Å²) < 4.78 is 57.8. The Morgan fingerprint density at radius 1 is 1.24 bits per heavy atom. The topological polar surface area (TPSA) is 53.6 Å². The second kappa shape index (κ2) is 6.05. The monoisotopic (exact) mass is 374 g/mol. The van der Waals surface area contributed by atoms with E-state index in [9.17, 15) is 17.6 Å². The summed E-state index contributed by atoms with van der Waals surface area (Å²) in [7, 11) is 0. The fourth-order valence-electron chi connectivity index (χ4n) is 3.34. The lowest BCUT2D eigenvalue weighted by molar-refractivity contribution is -0.153. The quantitative estimate of drug-likeness (QED) is 0.612. The van der Waals surface area contributed by atoms with Gasteiger partial charge in [0.05, 0.1) is 10.6 Å². The average molecular weight is 374 g/mol. The molecule has 4 nitrogen and oxygen atoms in total. The van der Waals surface area contributed by atoms with E-state index in [1.807, 2.05) is 0 Å². The van der Waals surface area contributed by atoms with E-state index in [0.717, 1.165) is 24.7 Å². The molecule has 3 aliphatic rings. The van der Waals surface area contributed by atoms with Crippen molar-refractivity contribution in [1.82, 2.24) is 4.72 Å². The maximum Gasteiger partial charge on any atom is 0.408 e. The molecule has 1 aromatic rings. The van der Waals surface area contributed by atoms with Crippen molar-refractivity contribution in [3.05, 3.63) is 17.9 Å². The minimum absolute atomic E-state index is 0.133. The lowest BCUT2D eigenvalue weighted by Crippen LogP contribution is -2.54. The second-order valence-corrected chi connectivity index (χ2v) is 7.63. The Bertz CT molecular complexity index is 717. The van der Waals surface area contributed by atoms with Crippen molar-refractivity contribution in [2.75, 3.05) is 11.4 Å². The number of benzene rings is 1. The summed E-state index contributed by atoms with van der Waals surface area (Å²) in [5.41, 5.74) is 6.39. The summed E-state index contributed by atoms with van der Waals surface area (Å²) in [4.78, 5) is 6.27. The van der Waals surface area contributed by atoms with E-state index in [0.29, 0.717) is 22.9 Å². The van der Waals surface area contributed by atoms with Crippen LogP contribution in [0.5, 0.6) is 0 Å². The van der Waals surface area contributed by atoms with Crippen LogP contribution in [-0.4, -0.2) is 30.6 Å². The Morgan fingerprint density at radius 3 is 2.68 bits per heavy atom. The van der Waals surface area contributed by atoms with Crippen LogP contribution >= 0.6 is 11.9 Å². The van der Waals surface area contributed by atoms with Crippen LogP contribution in [0, 0.1) is 11.7 Å². The van der Waals surface area contributed by atoms with Gasteiger partial charge in [-0.05, 0) is 49.8 Å². The molecule has 0 amide bonds. The zero-order chi connectivity index (χ0) is 17.8. The molecule has 0 radical (unpaired) electrons. The highest BCUT2D eigenvalue weighted by atomic mass is 32.2. The number of fused-ring (bicyclic) bond motifs is 1. The third kappa shape index (κ3) is 3.31. The molecule has 1 aromatic carbocycles. The molecule has 1 saturated carbocycles. The van der Waals surface area contributed by atoms with Crippen LogP contribution in [0.1, 0.15) is 25.7 Å². The second-order valence-electron chi connectivity index (χ2n) is 6.78. The van der Waals surface area contributed by atoms with Crippen molar-refractivity contribution in [2.24, 2.45) is 16.6 Å². The first kappa shape index (κ1) is 17.0. The Balaban J connectivity index is 1.78. The van der Waals surface area contributed by atoms with Crippen molar-refractivity contribution >= 4 is 29.2 Å². The molecule has 2 heterocycles. The van der Waals surface area contributed by atoms with Crippen molar-refractivity contribution in [1.29, 1.82) is 0 Å². The Hall–Kier alpha value is -1.48. The normalized spacial score (nSPS) is 26.8. The van der Waals surface area contributed by atoms with Crippen molar-refractivity contribution < 1.29 is 17.6 Å². The number of nitrogens with two attached hydrogens (primary N) is 1. The molecule has 3 N–H and O–H groups in total. The third-order valence-corrected chi connectivity index (χ3v) is 5.65. The Labute approximate surface area is 147 Å². The van der Waals surface area contributed by atoms with Crippen molar-refractivity contribution in [3.8, 4) is 0 Å². The summed E-state index contributed by atoms with van der Waals surface area (Å²) in [5, 5.41) is 0. The van der Waals surface area contributed by atoms with E-state index in [1.54, 1.807) is 0 Å². The van der Waals surface area contributed by atoms with E-state index < -0.39 is 24.1 Å². The molecule has 4 rings (SSSR count). The van der Waals surface area contributed by atoms with Gasteiger partial charge >= 0.3 is 6.18 Å². The largest absolute Gasteiger partial charge is 0.408 e. The van der Waals surface area contributed by atoms with Crippen LogP contribution in [0.3, 0.4) is 0 Å². The first-order chi connectivity index (χ1) is 11.8. The zero-order valence-corrected chi connectivity index (χ0v) is 14.1. The fourth-order valence-corrected chi connectivity index (χ4v) is 4.19. The standard InChI is InChI=1S/C16H18F4N4S/c17-9-5-11(24-4-3-10(21)7-13(24)16(18,19)20)14-12(6-9)25-23-15(22-14)8-1-2-8/h5-6,8,10,13H,1-4,7,21H2,(H,22,23). The van der Waals surface area contributed by atoms with Gasteiger partial charge in [0.15, 0.2) is 0 Å². The van der Waals surface area contributed by atoms with Gasteiger partial charge in [-0.25, -0.2) is 9.38 Å². The molecule has 2 unspecified atom stereocenters. The highest BCUT2D eigenvalue weighted by Gasteiger charge is 2.47. The smallest absolute Gasteiger partial charge is 0.358 e. The highest BCUT2D eigenvalue weighted by molar-refractivity contribution is 7.98. The highest BCUT2D eigenvalue weighted by Crippen LogP contribution is 2.46. The number of aliphatic imine (C=N–C) groups is 1. The van der Waals surface area contributed by atoms with Crippen LogP contribution in [0.15, 0.2) is 22.0 Å². The number of nitrogens with zero attached hydrogens (tertiary/aromatic N) is 2. The van der Waals surface area contributed by atoms with Gasteiger partial charge in [-0.3, -0.25) is 0 Å². The van der Waals surface area contributed by atoms with Gasteiger partial charge in [0.1, 0.15) is 23.4 Å². The molecule has 0 bridgehead atoms. The van der Waals surface area contributed by atoms with Crippen molar-refractivity contribution in [3.63, 3.8) is 0 Å². The van der Waals surface area contributed by atoms with Crippen LogP contribution in [-0.2, 0) is 0 Å². The maximum absolute atomic E-state index is 14.1. The Kier molecular flexibility index (Phi) is 4.10. The predicted molar refractivity (Wildman–Crippen MR) is 89.6 cm³/mol. The summed E-state index contributed by atoms with van der Waals surface area (Å²) in [5.74, 6) is 0.526. The van der Waals surface area contributed by atoms with Gasteiger partial charge in [-0.2, -0.15) is 13.2 Å². The number of alkyl halides is 3. The number of hydrogen-bond acceptors (Lipinski definition) is 5. The fraction of sp³-hybridized carbons (Fsp3) is 0.562. The van der Waals surface area contributed by atoms with Crippen LogP contribution in [0.25, 0.3) is 0 Å². The Morgan fingerprint density at radius 2 is 2.00 bits per heavy atom. The van der Waals surface area contributed by atoms with Gasteiger partial charge in [0.25, 0.3) is 0 Å². The van der Waals surface area contributed by atoms with E-state index in [4.69, 9.17) is 5.73 Å². The number of amidine groups is 1. The summed E-state index contributed by atoms with van der Waals surface area (Å²) >= 11 is 1.21. The minimum atomic E-state index is -4.43. The number of anilines is 1. The number of nitrogens with one attached hydrogen (secondary N) is 1. The number of hydrogen-bond donors (Lipinski definition) is 2. The van der Waals surface area contributed by atoms with Gasteiger partial charge in [0.2, 0.25) is 0 Å². The number of halogens is 4. The van der Waals surface area contributed by atoms with E-state index in [2.05, 4.69) is 9.71 Å². The lowest BCUT2D eigenvalue weighted by Gasteiger charge is -2.41. The molecule has 0 aromatic heterocycles. The number of piperidine rings is 1. The molecule has 136 valence electrons. The van der Waals surface area contributed by atoms with Gasteiger partial charge in [0, 0.05) is 18.5 Å². The van der Waals surface area contributed by atoms with Gasteiger partial charge in [-0.15, -0.1) is 0 Å². The minimum Gasteiger partial charge on any atom is -0.358 e. The van der Waals surface area contributed by atoms with E-state index in [1.165, 1.54) is 22.9 Å². The first-order valence-corrected chi connectivity index (χ1v) is 9.08. The molecule has 2 atom stereocenters. The summed E-state index contributed by atoms with van der Waals surface area (Å²) in [6.45, 7) is 0.133. The molecule has 1 aliphatic carbocycles. The van der Waals surface area contributed by atoms with E-state index in [-0.39, 0.29) is 18.7 Å². The van der Waals surface area contributed by atoms with Gasteiger partial charge < -0.3 is 15.4 Å². The molecule has 25 heavy (non-hydrogen) atoms. The lowest BCUT2D eigenvalue weighted by atomic mass is 9.96. The maximum atomic E-state index is 14.1. The number of rotatable bonds is 2. The average Bonchev–Trinajstić information content (AvgIpc) is 3.38. The summed E-state index contributed by atoms with van der Waals surface area (Å²) in [6, 6.07) is 0.242. The molecule has 1 saturated heterocycles. The molecule has 0 spiro atoms. The van der Waals surface area contributed by atoms with Crippen LogP contribution < -0.4 is 15.4 Å². The predicted octanol–water partition coefficient (Wildman–Crippen LogP) is 3.73. The molecule has 9 heteroatoms. The van der Waals surface area contributed by atoms with Crippen LogP contribution in [0.2, 0.25) is 0 Å². The van der Waals surface area contributed by atoms with E-state index >= 15 is 0 Å². The molecular weight excluding hydrogens is 356 g/mol.